The van der Waals surface area contributed by atoms with Crippen LogP contribution in [0.4, 0.5) is 0 Å². The first-order valence-electron chi connectivity index (χ1n) is 7.21. The molecule has 0 aliphatic rings. The molecule has 0 aliphatic carbocycles. The third-order valence-electron chi connectivity index (χ3n) is 3.46. The lowest BCUT2D eigenvalue weighted by Crippen LogP contribution is -2.19. The minimum absolute atomic E-state index is 0.443. The number of nitrogens with zero attached hydrogens (tertiary/aromatic N) is 1. The number of hydrogen-bond donors (Lipinski definition) is 1. The number of benzene rings is 1. The molecule has 1 aromatic carbocycles. The van der Waals surface area contributed by atoms with Crippen LogP contribution in [0, 0.1) is 6.92 Å². The number of aromatic nitrogens is 1. The molecule has 0 fully saturated rings. The van der Waals surface area contributed by atoms with E-state index in [1.54, 1.807) is 7.11 Å². The summed E-state index contributed by atoms with van der Waals surface area (Å²) >= 11 is 0. The van der Waals surface area contributed by atoms with Crippen molar-refractivity contribution >= 4 is 10.9 Å². The van der Waals surface area contributed by atoms with Crippen molar-refractivity contribution in [2.45, 2.75) is 33.2 Å². The van der Waals surface area contributed by atoms with E-state index in [2.05, 4.69) is 50.4 Å². The smallest absolute Gasteiger partial charge is 0.0708 e. The van der Waals surface area contributed by atoms with E-state index >= 15 is 0 Å². The van der Waals surface area contributed by atoms with Gasteiger partial charge in [-0.25, -0.2) is 0 Å². The van der Waals surface area contributed by atoms with Gasteiger partial charge in [0, 0.05) is 31.3 Å². The van der Waals surface area contributed by atoms with Gasteiger partial charge in [-0.05, 0) is 36.6 Å². The van der Waals surface area contributed by atoms with Gasteiger partial charge >= 0.3 is 0 Å². The molecular weight excluding hydrogens is 248 g/mol. The van der Waals surface area contributed by atoms with Crippen molar-refractivity contribution in [1.29, 1.82) is 0 Å². The van der Waals surface area contributed by atoms with Crippen LogP contribution in [0.1, 0.15) is 36.6 Å². The highest BCUT2D eigenvalue weighted by molar-refractivity contribution is 5.83. The van der Waals surface area contributed by atoms with Crippen LogP contribution in [0.25, 0.3) is 10.9 Å². The van der Waals surface area contributed by atoms with Crippen molar-refractivity contribution in [3.63, 3.8) is 0 Å². The second kappa shape index (κ2) is 6.82. The van der Waals surface area contributed by atoms with Crippen LogP contribution in [0.15, 0.2) is 24.3 Å². The quantitative estimate of drug-likeness (QED) is 0.818. The topological polar surface area (TPSA) is 34.1 Å². The number of nitrogens with one attached hydrogen (secondary N) is 1. The molecule has 0 unspecified atom stereocenters. The van der Waals surface area contributed by atoms with Gasteiger partial charge in [-0.1, -0.05) is 25.5 Å². The van der Waals surface area contributed by atoms with E-state index in [0.717, 1.165) is 30.9 Å². The second-order valence-electron chi connectivity index (χ2n) is 5.55. The zero-order valence-corrected chi connectivity index (χ0v) is 12.9. The molecule has 0 spiro atoms. The Morgan fingerprint density at radius 1 is 1.25 bits per heavy atom. The van der Waals surface area contributed by atoms with Gasteiger partial charge in [0.05, 0.1) is 12.1 Å². The Morgan fingerprint density at radius 2 is 2.05 bits per heavy atom. The fourth-order valence-electron chi connectivity index (χ4n) is 2.27. The van der Waals surface area contributed by atoms with E-state index in [4.69, 9.17) is 9.72 Å². The summed E-state index contributed by atoms with van der Waals surface area (Å²) in [6, 6.07) is 8.70. The van der Waals surface area contributed by atoms with Gasteiger partial charge in [0.15, 0.2) is 0 Å². The van der Waals surface area contributed by atoms with Gasteiger partial charge in [0.25, 0.3) is 0 Å². The molecule has 0 aliphatic heterocycles. The standard InChI is InChI=1S/C17H24N2O/c1-12(2)17-10-14(11-18-7-8-20-4)15-9-13(3)5-6-16(15)19-17/h5-6,9-10,12,18H,7-8,11H2,1-4H3. The minimum Gasteiger partial charge on any atom is -0.383 e. The maximum absolute atomic E-state index is 5.07. The summed E-state index contributed by atoms with van der Waals surface area (Å²) in [5, 5.41) is 4.68. The maximum Gasteiger partial charge on any atom is 0.0708 e. The maximum atomic E-state index is 5.07. The summed E-state index contributed by atoms with van der Waals surface area (Å²) in [7, 11) is 1.73. The number of aryl methyl sites for hydroxylation is 1. The number of ether oxygens (including phenoxy) is 1. The van der Waals surface area contributed by atoms with Crippen molar-refractivity contribution in [2.75, 3.05) is 20.3 Å². The third kappa shape index (κ3) is 3.56. The Hall–Kier alpha value is -1.45. The molecule has 2 aromatic rings. The summed E-state index contributed by atoms with van der Waals surface area (Å²) in [6.45, 7) is 8.95. The number of fused-ring (bicyclic) bond motifs is 1. The molecule has 1 N–H and O–H groups in total. The van der Waals surface area contributed by atoms with E-state index in [1.807, 2.05) is 0 Å². The molecular formula is C17H24N2O. The second-order valence-corrected chi connectivity index (χ2v) is 5.55. The van der Waals surface area contributed by atoms with Gasteiger partial charge in [-0.2, -0.15) is 0 Å². The van der Waals surface area contributed by atoms with Crippen LogP contribution in [0.2, 0.25) is 0 Å². The Labute approximate surface area is 121 Å². The van der Waals surface area contributed by atoms with E-state index < -0.39 is 0 Å². The first-order valence-corrected chi connectivity index (χ1v) is 7.21. The Morgan fingerprint density at radius 3 is 2.75 bits per heavy atom. The largest absolute Gasteiger partial charge is 0.383 e. The van der Waals surface area contributed by atoms with Gasteiger partial charge in [-0.15, -0.1) is 0 Å². The molecule has 0 amide bonds. The molecule has 0 saturated carbocycles. The summed E-state index contributed by atoms with van der Waals surface area (Å²) < 4.78 is 5.07. The number of rotatable bonds is 6. The summed E-state index contributed by atoms with van der Waals surface area (Å²) in [5.74, 6) is 0.443. The monoisotopic (exact) mass is 272 g/mol. The molecule has 0 saturated heterocycles. The Bertz CT molecular complexity index is 578. The van der Waals surface area contributed by atoms with Crippen LogP contribution in [-0.2, 0) is 11.3 Å². The van der Waals surface area contributed by atoms with Crippen molar-refractivity contribution in [3.8, 4) is 0 Å². The predicted molar refractivity (Wildman–Crippen MR) is 84.2 cm³/mol. The third-order valence-corrected chi connectivity index (χ3v) is 3.46. The zero-order valence-electron chi connectivity index (χ0n) is 12.9. The lowest BCUT2D eigenvalue weighted by Gasteiger charge is -2.13. The van der Waals surface area contributed by atoms with Crippen molar-refractivity contribution in [3.05, 3.63) is 41.1 Å². The van der Waals surface area contributed by atoms with E-state index in [9.17, 15) is 0 Å². The predicted octanol–water partition coefficient (Wildman–Crippen LogP) is 3.40. The molecule has 0 bridgehead atoms. The fourth-order valence-corrected chi connectivity index (χ4v) is 2.27. The summed E-state index contributed by atoms with van der Waals surface area (Å²) in [5.41, 5.74) is 4.84. The highest BCUT2D eigenvalue weighted by atomic mass is 16.5. The van der Waals surface area contributed by atoms with Crippen LogP contribution in [0.3, 0.4) is 0 Å². The molecule has 2 rings (SSSR count). The van der Waals surface area contributed by atoms with Gasteiger partial charge in [-0.3, -0.25) is 4.98 Å². The first kappa shape index (κ1) is 14.9. The van der Waals surface area contributed by atoms with E-state index in [0.29, 0.717) is 5.92 Å². The lowest BCUT2D eigenvalue weighted by atomic mass is 10.0. The molecule has 3 nitrogen and oxygen atoms in total. The van der Waals surface area contributed by atoms with Gasteiger partial charge < -0.3 is 10.1 Å². The average molecular weight is 272 g/mol. The van der Waals surface area contributed by atoms with E-state index in [1.165, 1.54) is 16.5 Å². The zero-order chi connectivity index (χ0) is 14.5. The molecule has 0 atom stereocenters. The molecule has 3 heteroatoms. The fraction of sp³-hybridized carbons (Fsp3) is 0.471. The Balaban J connectivity index is 2.35. The van der Waals surface area contributed by atoms with Crippen molar-refractivity contribution in [2.24, 2.45) is 0 Å². The summed E-state index contributed by atoms with van der Waals surface area (Å²) in [4.78, 5) is 4.77. The Kier molecular flexibility index (Phi) is 5.10. The summed E-state index contributed by atoms with van der Waals surface area (Å²) in [6.07, 6.45) is 0. The average Bonchev–Trinajstić information content (AvgIpc) is 2.43. The molecule has 20 heavy (non-hydrogen) atoms. The van der Waals surface area contributed by atoms with Crippen LogP contribution in [0.5, 0.6) is 0 Å². The number of methoxy groups -OCH3 is 1. The van der Waals surface area contributed by atoms with Crippen LogP contribution in [-0.4, -0.2) is 25.2 Å². The van der Waals surface area contributed by atoms with Gasteiger partial charge in [0.2, 0.25) is 0 Å². The molecule has 0 radical (unpaired) electrons. The molecule has 108 valence electrons. The van der Waals surface area contributed by atoms with E-state index in [-0.39, 0.29) is 0 Å². The number of pyridine rings is 1. The van der Waals surface area contributed by atoms with Crippen molar-refractivity contribution in [1.82, 2.24) is 10.3 Å². The first-order chi connectivity index (χ1) is 9.61. The highest BCUT2D eigenvalue weighted by Gasteiger charge is 2.08. The van der Waals surface area contributed by atoms with Crippen LogP contribution < -0.4 is 5.32 Å². The normalized spacial score (nSPS) is 11.4. The van der Waals surface area contributed by atoms with Gasteiger partial charge in [0.1, 0.15) is 0 Å². The number of hydrogen-bond acceptors (Lipinski definition) is 3. The SMILES string of the molecule is COCCNCc1cc(C(C)C)nc2ccc(C)cc12. The molecule has 1 heterocycles. The highest BCUT2D eigenvalue weighted by Crippen LogP contribution is 2.23. The van der Waals surface area contributed by atoms with Crippen LogP contribution >= 0.6 is 0 Å². The lowest BCUT2D eigenvalue weighted by molar-refractivity contribution is 0.199. The van der Waals surface area contributed by atoms with Crippen molar-refractivity contribution < 1.29 is 4.74 Å². The molecule has 1 aromatic heterocycles. The minimum atomic E-state index is 0.443.